The summed E-state index contributed by atoms with van der Waals surface area (Å²) >= 11 is 9.94. The number of rotatable bonds is 13. The van der Waals surface area contributed by atoms with Gasteiger partial charge < -0.3 is 35.1 Å². The number of carbonyl (C=O) groups excluding carboxylic acids is 3. The molecule has 4 aromatic carbocycles. The molecule has 8 aromatic rings. The summed E-state index contributed by atoms with van der Waals surface area (Å²) in [7, 11) is 9.33. The number of aliphatic carboxylic acids is 1. The summed E-state index contributed by atoms with van der Waals surface area (Å²) in [6.45, 7) is 3.97. The Kier molecular flexibility index (Phi) is 37.5. The number of nitrogens with one attached hydrogen (secondary N) is 1. The van der Waals surface area contributed by atoms with Gasteiger partial charge in [0.1, 0.15) is 49.5 Å². The van der Waals surface area contributed by atoms with Crippen LogP contribution in [0.4, 0.5) is 11.4 Å². The molecule has 4 heterocycles. The summed E-state index contributed by atoms with van der Waals surface area (Å²) in [6, 6.07) is 32.4. The summed E-state index contributed by atoms with van der Waals surface area (Å²) in [4.78, 5) is 85.1. The van der Waals surface area contributed by atoms with Crippen molar-refractivity contribution in [3.8, 4) is 24.2 Å². The minimum absolute atomic E-state index is 0. The summed E-state index contributed by atoms with van der Waals surface area (Å²) in [5.74, 6) is 8.52. The lowest BCUT2D eigenvalue weighted by atomic mass is 10.1. The minimum Gasteiger partial charge on any atom is -0.480 e. The van der Waals surface area contributed by atoms with Crippen LogP contribution in [0.25, 0.3) is 21.8 Å². The molecule has 19 nitrogen and oxygen atoms in total. The van der Waals surface area contributed by atoms with Gasteiger partial charge in [-0.3, -0.25) is 33.1 Å². The lowest BCUT2D eigenvalue weighted by molar-refractivity contribution is -0.141. The zero-order chi connectivity index (χ0) is 60.7. The number of Topliss-reactive ketones (excluding diaryl/α,β-unsaturated/α-hetero) is 2. The minimum atomic E-state index is -0.933. The Labute approximate surface area is 526 Å². The highest BCUT2D eigenvalue weighted by atomic mass is 79.9. The average Bonchev–Trinajstić information content (AvgIpc) is 3.67. The maximum Gasteiger partial charge on any atom is 0.329 e. The van der Waals surface area contributed by atoms with Gasteiger partial charge in [0, 0.05) is 104 Å². The number of hydrogen-bond acceptors (Lipinski definition) is 15. The van der Waals surface area contributed by atoms with E-state index in [0.29, 0.717) is 86.8 Å². The Bertz CT molecular complexity index is 3680. The van der Waals surface area contributed by atoms with Crippen molar-refractivity contribution >= 4 is 117 Å². The van der Waals surface area contributed by atoms with Gasteiger partial charge in [-0.25, -0.2) is 24.7 Å². The molecule has 0 unspecified atom stereocenters. The number of nitrogen functional groups attached to an aromatic ring is 1. The van der Waals surface area contributed by atoms with Crippen LogP contribution in [0.3, 0.4) is 0 Å². The molecule has 4 N–H and O–H groups in total. The largest absolute Gasteiger partial charge is 0.480 e. The Morgan fingerprint density at radius 3 is 1.54 bits per heavy atom. The molecule has 0 aliphatic carbocycles. The number of ketones is 2. The summed E-state index contributed by atoms with van der Waals surface area (Å²) in [6.07, 6.45) is 9.30. The normalized spacial score (nSPS) is 9.58. The lowest BCUT2D eigenvalue weighted by Gasteiger charge is -2.10. The fourth-order valence-corrected chi connectivity index (χ4v) is 7.78. The molecule has 1 amide bonds. The molecule has 23 heteroatoms. The van der Waals surface area contributed by atoms with Gasteiger partial charge >= 0.3 is 5.97 Å². The number of anilines is 2. The number of carbonyl (C=O) groups is 4. The highest BCUT2D eigenvalue weighted by Gasteiger charge is 2.13. The first-order chi connectivity index (χ1) is 39.2. The SMILES string of the molecule is C.C.C#Cc1ccccn1.CCC(=O)c1ccc(Br)cc1N.CCC(=O)c1ccc(Br)cc1NC(=O)COC.COCC(=O)O.COCc1nc2cc(Br)ccc2c(=O)n1C.COCc1nc2cc(C#Cc3ccccn3)ccc2c(=O)n1C.Cl. The van der Waals surface area contributed by atoms with E-state index in [4.69, 9.17) is 31.5 Å². The molecule has 85 heavy (non-hydrogen) atoms. The van der Waals surface area contributed by atoms with Crippen molar-refractivity contribution in [2.24, 2.45) is 14.1 Å². The van der Waals surface area contributed by atoms with Gasteiger partial charge in [0.25, 0.3) is 11.1 Å². The van der Waals surface area contributed by atoms with Crippen molar-refractivity contribution in [2.75, 3.05) is 52.7 Å². The number of pyridine rings is 2. The third-order valence-electron chi connectivity index (χ3n) is 10.7. The molecule has 0 spiro atoms. The number of ether oxygens (including phenoxy) is 4. The first kappa shape index (κ1) is 77.2. The fourth-order valence-electron chi connectivity index (χ4n) is 6.69. The van der Waals surface area contributed by atoms with Crippen molar-refractivity contribution in [1.29, 1.82) is 0 Å². The smallest absolute Gasteiger partial charge is 0.329 e. The van der Waals surface area contributed by atoms with E-state index in [2.05, 4.69) is 95.5 Å². The first-order valence-corrected chi connectivity index (χ1v) is 27.0. The monoisotopic (exact) mass is 1370 g/mol. The number of fused-ring (bicyclic) bond motifs is 2. The van der Waals surface area contributed by atoms with Crippen LogP contribution in [0.1, 0.15) is 90.9 Å². The molecule has 0 aliphatic heterocycles. The summed E-state index contributed by atoms with van der Waals surface area (Å²) in [5, 5.41) is 11.6. The number of amides is 1. The number of carboxylic acid groups (broad SMARTS) is 1. The van der Waals surface area contributed by atoms with Crippen LogP contribution in [0.5, 0.6) is 0 Å². The highest BCUT2D eigenvalue weighted by molar-refractivity contribution is 9.11. The van der Waals surface area contributed by atoms with Gasteiger partial charge in [0.05, 0.1) is 27.5 Å². The topological polar surface area (TPSA) is 259 Å². The predicted octanol–water partition coefficient (Wildman–Crippen LogP) is 11.4. The second-order valence-corrected chi connectivity index (χ2v) is 19.4. The molecule has 0 fully saturated rings. The number of methoxy groups -OCH3 is 4. The standard InChI is InChI=1S/C18H15N3O2.C12H14BrNO3.C11H11BrN2O2.C9H10BrNO.C7H5N.C3H6O3.2CH4.ClH/c1-21-17(12-23-2)20-16-11-13(7-9-15(16)18(21)22)6-8-14-5-3-4-10-19-14;1-3-11(15)9-5-4-8(13)6-10(9)14-12(16)7-17-2;1-14-10(6-16-2)13-9-5-7(12)3-4-8(9)11(14)15;1-2-9(12)7-4-3-6(10)5-8(7)11;1-2-7-5-3-4-6-8-7;1-6-2-3(4)5;;;/h3-5,7,9-11H,12H2,1-2H3;4-6H,3,7H2,1-2H3,(H,14,16);3-5H,6H2,1-2H3;3-5H,2,11H2,1H3;1,3-6H;2H2,1H3,(H,4,5);2*1H4;1H. The zero-order valence-corrected chi connectivity index (χ0v) is 52.3. The molecular weight excluding hydrogens is 1310 g/mol. The number of nitrogens with two attached hydrogens (primary N) is 1. The number of benzene rings is 4. The molecule has 452 valence electrons. The fraction of sp³-hybridized carbons (Fsp3) is 0.258. The second kappa shape index (κ2) is 41.3. The third-order valence-corrected chi connectivity index (χ3v) is 12.2. The van der Waals surface area contributed by atoms with Crippen LogP contribution in [-0.2, 0) is 55.8 Å². The van der Waals surface area contributed by atoms with Gasteiger partial charge in [-0.1, -0.05) is 100 Å². The van der Waals surface area contributed by atoms with E-state index in [9.17, 15) is 28.8 Å². The van der Waals surface area contributed by atoms with Crippen LogP contribution in [0, 0.1) is 24.2 Å². The van der Waals surface area contributed by atoms with E-state index in [1.54, 1.807) is 96.2 Å². The Balaban J connectivity index is 0.00000103. The van der Waals surface area contributed by atoms with E-state index in [1.165, 1.54) is 23.4 Å². The number of carboxylic acids is 1. The van der Waals surface area contributed by atoms with Crippen LogP contribution >= 0.6 is 60.2 Å². The number of terminal acetylenes is 1. The summed E-state index contributed by atoms with van der Waals surface area (Å²) < 4.78 is 24.7. The van der Waals surface area contributed by atoms with Crippen LogP contribution < -0.4 is 22.2 Å². The zero-order valence-electron chi connectivity index (χ0n) is 46.7. The number of hydrogen-bond donors (Lipinski definition) is 3. The molecule has 4 aromatic heterocycles. The van der Waals surface area contributed by atoms with Gasteiger partial charge in [0.15, 0.2) is 11.6 Å². The van der Waals surface area contributed by atoms with Crippen LogP contribution in [0.2, 0.25) is 0 Å². The van der Waals surface area contributed by atoms with Gasteiger partial charge in [-0.2, -0.15) is 0 Å². The van der Waals surface area contributed by atoms with E-state index >= 15 is 0 Å². The van der Waals surface area contributed by atoms with Crippen molar-refractivity contribution in [3.05, 3.63) is 195 Å². The van der Waals surface area contributed by atoms with Gasteiger partial charge in [-0.15, -0.1) is 18.8 Å². The maximum atomic E-state index is 12.3. The molecule has 0 atom stereocenters. The van der Waals surface area contributed by atoms with Crippen molar-refractivity contribution in [2.45, 2.75) is 54.8 Å². The average molecular weight is 1380 g/mol. The Morgan fingerprint density at radius 2 is 1.09 bits per heavy atom. The van der Waals surface area contributed by atoms with Crippen molar-refractivity contribution < 1.29 is 43.2 Å². The first-order valence-electron chi connectivity index (χ1n) is 24.6. The lowest BCUT2D eigenvalue weighted by Crippen LogP contribution is -2.22. The van der Waals surface area contributed by atoms with Crippen LogP contribution in [-0.4, -0.2) is 99.3 Å². The molecule has 8 rings (SSSR count). The molecular formula is C62H70Br3ClN8O11. The van der Waals surface area contributed by atoms with Gasteiger partial charge in [0.2, 0.25) is 5.91 Å². The number of aromatic nitrogens is 6. The van der Waals surface area contributed by atoms with E-state index < -0.39 is 5.97 Å². The molecule has 0 aliphatic rings. The Hall–Kier alpha value is -7.77. The van der Waals surface area contributed by atoms with Crippen LogP contribution in [0.15, 0.2) is 145 Å². The van der Waals surface area contributed by atoms with Crippen molar-refractivity contribution in [1.82, 2.24) is 29.1 Å². The summed E-state index contributed by atoms with van der Waals surface area (Å²) in [5.41, 5.74) is 11.1. The van der Waals surface area contributed by atoms with E-state index in [1.807, 2.05) is 67.6 Å². The highest BCUT2D eigenvalue weighted by Crippen LogP contribution is 2.23. The van der Waals surface area contributed by atoms with E-state index in [-0.39, 0.29) is 75.7 Å². The Morgan fingerprint density at radius 1 is 0.624 bits per heavy atom. The quantitative estimate of drug-likeness (QED) is 0.0551. The molecule has 0 radical (unpaired) electrons. The number of nitrogens with zero attached hydrogens (tertiary/aromatic N) is 6. The van der Waals surface area contributed by atoms with Gasteiger partial charge in [-0.05, 0) is 103 Å². The number of halogens is 4. The maximum absolute atomic E-state index is 12.3. The molecule has 0 saturated carbocycles. The van der Waals surface area contributed by atoms with Crippen molar-refractivity contribution in [3.63, 3.8) is 0 Å². The molecule has 0 saturated heterocycles. The molecule has 0 bridgehead atoms. The van der Waals surface area contributed by atoms with E-state index in [0.717, 1.165) is 19.0 Å². The second-order valence-electron chi connectivity index (χ2n) is 16.7. The predicted molar refractivity (Wildman–Crippen MR) is 348 cm³/mol. The third kappa shape index (κ3) is 25.9.